The van der Waals surface area contributed by atoms with E-state index in [0.29, 0.717) is 12.3 Å². The highest BCUT2D eigenvalue weighted by atomic mass is 16.6. The van der Waals surface area contributed by atoms with Crippen molar-refractivity contribution < 1.29 is 18.7 Å². The Morgan fingerprint density at radius 1 is 1.28 bits per heavy atom. The second kappa shape index (κ2) is 5.35. The van der Waals surface area contributed by atoms with Gasteiger partial charge in [-0.1, -0.05) is 30.3 Å². The van der Waals surface area contributed by atoms with Crippen LogP contribution in [0.5, 0.6) is 5.95 Å². The number of carbonyl (C=O) groups is 1. The molecule has 0 aliphatic rings. The molecule has 0 N–H and O–H groups in total. The topological polar surface area (TPSA) is 61.6 Å². The summed E-state index contributed by atoms with van der Waals surface area (Å²) in [6, 6.07) is 9.69. The SMILES string of the molecule is COC(=O)c1nc(Cc2ccccc2)oc1OC. The fourth-order valence-corrected chi connectivity index (χ4v) is 1.56. The Kier molecular flexibility index (Phi) is 3.62. The third-order valence-electron chi connectivity index (χ3n) is 2.40. The van der Waals surface area contributed by atoms with Crippen molar-refractivity contribution in [3.05, 3.63) is 47.5 Å². The second-order valence-corrected chi connectivity index (χ2v) is 3.60. The van der Waals surface area contributed by atoms with Crippen LogP contribution >= 0.6 is 0 Å². The summed E-state index contributed by atoms with van der Waals surface area (Å²) in [7, 11) is 2.70. The van der Waals surface area contributed by atoms with Gasteiger partial charge in [-0.2, -0.15) is 0 Å². The highest BCUT2D eigenvalue weighted by molar-refractivity contribution is 5.89. The second-order valence-electron chi connectivity index (χ2n) is 3.60. The van der Waals surface area contributed by atoms with E-state index >= 15 is 0 Å². The van der Waals surface area contributed by atoms with Gasteiger partial charge in [0, 0.05) is 6.42 Å². The molecular weight excluding hydrogens is 234 g/mol. The van der Waals surface area contributed by atoms with E-state index in [4.69, 9.17) is 9.15 Å². The lowest BCUT2D eigenvalue weighted by Gasteiger charge is -1.95. The van der Waals surface area contributed by atoms with E-state index in [1.54, 1.807) is 0 Å². The molecule has 0 saturated heterocycles. The number of ether oxygens (including phenoxy) is 2. The number of oxazole rings is 1. The predicted octanol–water partition coefficient (Wildman–Crippen LogP) is 2.06. The number of aromatic nitrogens is 1. The van der Waals surface area contributed by atoms with Crippen molar-refractivity contribution in [3.63, 3.8) is 0 Å². The van der Waals surface area contributed by atoms with E-state index in [1.165, 1.54) is 14.2 Å². The highest BCUT2D eigenvalue weighted by Gasteiger charge is 2.21. The molecule has 1 aromatic carbocycles. The molecule has 0 spiro atoms. The van der Waals surface area contributed by atoms with Crippen molar-refractivity contribution in [2.75, 3.05) is 14.2 Å². The number of hydrogen-bond donors (Lipinski definition) is 0. The molecule has 94 valence electrons. The van der Waals surface area contributed by atoms with Gasteiger partial charge in [0.25, 0.3) is 0 Å². The maximum atomic E-state index is 11.4. The first kappa shape index (κ1) is 12.2. The van der Waals surface area contributed by atoms with Crippen molar-refractivity contribution in [1.29, 1.82) is 0 Å². The first-order valence-corrected chi connectivity index (χ1v) is 5.40. The molecular formula is C13H13NO4. The van der Waals surface area contributed by atoms with Crippen molar-refractivity contribution in [3.8, 4) is 5.95 Å². The molecule has 0 atom stereocenters. The first-order valence-electron chi connectivity index (χ1n) is 5.40. The molecule has 18 heavy (non-hydrogen) atoms. The zero-order valence-corrected chi connectivity index (χ0v) is 10.2. The van der Waals surface area contributed by atoms with Gasteiger partial charge < -0.3 is 13.9 Å². The number of nitrogens with zero attached hydrogens (tertiary/aromatic N) is 1. The molecule has 0 fully saturated rings. The van der Waals surface area contributed by atoms with Crippen LogP contribution in [0, 0.1) is 0 Å². The fourth-order valence-electron chi connectivity index (χ4n) is 1.56. The van der Waals surface area contributed by atoms with Crippen LogP contribution in [0.1, 0.15) is 21.9 Å². The minimum absolute atomic E-state index is 0.0610. The Bertz CT molecular complexity index is 533. The number of hydrogen-bond acceptors (Lipinski definition) is 5. The summed E-state index contributed by atoms with van der Waals surface area (Å²) in [4.78, 5) is 15.5. The van der Waals surface area contributed by atoms with E-state index in [2.05, 4.69) is 9.72 Å². The lowest BCUT2D eigenvalue weighted by Crippen LogP contribution is -2.03. The molecule has 0 amide bonds. The van der Waals surface area contributed by atoms with Gasteiger partial charge >= 0.3 is 11.9 Å². The van der Waals surface area contributed by atoms with Crippen LogP contribution in [0.25, 0.3) is 0 Å². The molecule has 0 bridgehead atoms. The average molecular weight is 247 g/mol. The van der Waals surface area contributed by atoms with Crippen LogP contribution in [-0.4, -0.2) is 25.2 Å². The zero-order chi connectivity index (χ0) is 13.0. The largest absolute Gasteiger partial charge is 0.467 e. The van der Waals surface area contributed by atoms with Crippen molar-refractivity contribution >= 4 is 5.97 Å². The third-order valence-corrected chi connectivity index (χ3v) is 2.40. The van der Waals surface area contributed by atoms with E-state index in [9.17, 15) is 4.79 Å². The molecule has 2 aromatic rings. The summed E-state index contributed by atoms with van der Waals surface area (Å²) in [6.45, 7) is 0. The first-order chi connectivity index (χ1) is 8.74. The maximum Gasteiger partial charge on any atom is 0.364 e. The minimum Gasteiger partial charge on any atom is -0.467 e. The Balaban J connectivity index is 2.25. The van der Waals surface area contributed by atoms with Crippen LogP contribution < -0.4 is 4.74 Å². The minimum atomic E-state index is -0.574. The Hall–Kier alpha value is -2.30. The van der Waals surface area contributed by atoms with Gasteiger partial charge in [0.05, 0.1) is 14.2 Å². The summed E-state index contributed by atoms with van der Waals surface area (Å²) >= 11 is 0. The van der Waals surface area contributed by atoms with Gasteiger partial charge in [-0.05, 0) is 5.56 Å². The molecule has 1 aromatic heterocycles. The van der Waals surface area contributed by atoms with E-state index < -0.39 is 5.97 Å². The summed E-state index contributed by atoms with van der Waals surface area (Å²) in [5.74, 6) is -0.0823. The summed E-state index contributed by atoms with van der Waals surface area (Å²) in [6.07, 6.45) is 0.494. The Labute approximate surface area is 104 Å². The van der Waals surface area contributed by atoms with Crippen molar-refractivity contribution in [1.82, 2.24) is 4.98 Å². The standard InChI is InChI=1S/C13H13NO4/c1-16-12(15)11-13(17-2)18-10(14-11)8-9-6-4-3-5-7-9/h3-7H,8H2,1-2H3. The van der Waals surface area contributed by atoms with Gasteiger partial charge in [-0.15, -0.1) is 0 Å². The monoisotopic (exact) mass is 247 g/mol. The average Bonchev–Trinajstić information content (AvgIpc) is 2.82. The normalized spacial score (nSPS) is 10.1. The quantitative estimate of drug-likeness (QED) is 0.774. The summed E-state index contributed by atoms with van der Waals surface area (Å²) < 4.78 is 14.9. The van der Waals surface area contributed by atoms with Crippen LogP contribution in [0.4, 0.5) is 0 Å². The van der Waals surface area contributed by atoms with Crippen molar-refractivity contribution in [2.45, 2.75) is 6.42 Å². The van der Waals surface area contributed by atoms with Gasteiger partial charge in [0.15, 0.2) is 0 Å². The number of methoxy groups -OCH3 is 2. The van der Waals surface area contributed by atoms with Gasteiger partial charge in [-0.3, -0.25) is 0 Å². The molecule has 5 heteroatoms. The van der Waals surface area contributed by atoms with Crippen LogP contribution in [0.3, 0.4) is 0 Å². The zero-order valence-electron chi connectivity index (χ0n) is 10.2. The van der Waals surface area contributed by atoms with Crippen molar-refractivity contribution in [2.24, 2.45) is 0 Å². The number of carbonyl (C=O) groups excluding carboxylic acids is 1. The molecule has 0 aliphatic heterocycles. The van der Waals surface area contributed by atoms with Gasteiger partial charge in [0.2, 0.25) is 11.6 Å². The molecule has 0 aliphatic carbocycles. The summed E-state index contributed by atoms with van der Waals surface area (Å²) in [5, 5.41) is 0. The molecule has 0 radical (unpaired) electrons. The third kappa shape index (κ3) is 2.51. The summed E-state index contributed by atoms with van der Waals surface area (Å²) in [5.41, 5.74) is 1.10. The van der Waals surface area contributed by atoms with E-state index in [-0.39, 0.29) is 11.6 Å². The van der Waals surface area contributed by atoms with Crippen LogP contribution in [0.2, 0.25) is 0 Å². The molecule has 2 rings (SSSR count). The van der Waals surface area contributed by atoms with E-state index in [1.807, 2.05) is 30.3 Å². The lowest BCUT2D eigenvalue weighted by atomic mass is 10.1. The predicted molar refractivity (Wildman–Crippen MR) is 63.6 cm³/mol. The van der Waals surface area contributed by atoms with Crippen LogP contribution in [0.15, 0.2) is 34.7 Å². The van der Waals surface area contributed by atoms with Gasteiger partial charge in [0.1, 0.15) is 0 Å². The molecule has 1 heterocycles. The Morgan fingerprint density at radius 2 is 2.00 bits per heavy atom. The lowest BCUT2D eigenvalue weighted by molar-refractivity contribution is 0.0588. The molecule has 0 unspecified atom stereocenters. The number of benzene rings is 1. The number of rotatable bonds is 4. The fraction of sp³-hybridized carbons (Fsp3) is 0.231. The van der Waals surface area contributed by atoms with E-state index in [0.717, 1.165) is 5.56 Å². The molecule has 0 saturated carbocycles. The maximum absolute atomic E-state index is 11.4. The smallest absolute Gasteiger partial charge is 0.364 e. The number of esters is 1. The Morgan fingerprint density at radius 3 is 2.61 bits per heavy atom. The molecule has 5 nitrogen and oxygen atoms in total. The van der Waals surface area contributed by atoms with Gasteiger partial charge in [-0.25, -0.2) is 9.78 Å². The van der Waals surface area contributed by atoms with Crippen LogP contribution in [-0.2, 0) is 11.2 Å². The highest BCUT2D eigenvalue weighted by Crippen LogP contribution is 2.22.